The SMILES string of the molecule is CCc1nn(-c2ccccc2)c(N2CCN(CC)CC2)c1CN(CCOC)Cc1cccc(C)n1. The van der Waals surface area contributed by atoms with E-state index in [9.17, 15) is 0 Å². The average molecular weight is 477 g/mol. The van der Waals surface area contributed by atoms with Gasteiger partial charge in [-0.3, -0.25) is 9.88 Å². The Kier molecular flexibility index (Phi) is 8.90. The van der Waals surface area contributed by atoms with E-state index in [1.54, 1.807) is 7.11 Å². The van der Waals surface area contributed by atoms with Gasteiger partial charge in [0.1, 0.15) is 5.82 Å². The summed E-state index contributed by atoms with van der Waals surface area (Å²) in [6.45, 7) is 14.9. The van der Waals surface area contributed by atoms with E-state index in [1.807, 2.05) is 0 Å². The molecule has 7 nitrogen and oxygen atoms in total. The normalized spacial score (nSPS) is 14.7. The van der Waals surface area contributed by atoms with Crippen molar-refractivity contribution in [3.05, 3.63) is 71.2 Å². The maximum absolute atomic E-state index is 5.47. The van der Waals surface area contributed by atoms with Crippen molar-refractivity contribution in [3.63, 3.8) is 0 Å². The Morgan fingerprint density at radius 1 is 0.943 bits per heavy atom. The van der Waals surface area contributed by atoms with Crippen molar-refractivity contribution in [2.75, 3.05) is 57.9 Å². The number of piperazine rings is 1. The number of methoxy groups -OCH3 is 1. The number of ether oxygens (including phenoxy) is 1. The van der Waals surface area contributed by atoms with E-state index in [2.05, 4.69) is 88.7 Å². The van der Waals surface area contributed by atoms with Crippen LogP contribution in [0.15, 0.2) is 48.5 Å². The van der Waals surface area contributed by atoms with Gasteiger partial charge in [-0.2, -0.15) is 5.10 Å². The van der Waals surface area contributed by atoms with Crippen LogP contribution in [0.4, 0.5) is 5.82 Å². The molecule has 1 aromatic carbocycles. The summed E-state index contributed by atoms with van der Waals surface area (Å²) in [4.78, 5) is 12.3. The van der Waals surface area contributed by atoms with Crippen LogP contribution in [0.25, 0.3) is 5.69 Å². The summed E-state index contributed by atoms with van der Waals surface area (Å²) >= 11 is 0. The van der Waals surface area contributed by atoms with Gasteiger partial charge in [-0.15, -0.1) is 0 Å². The van der Waals surface area contributed by atoms with Gasteiger partial charge in [0.25, 0.3) is 0 Å². The fourth-order valence-electron chi connectivity index (χ4n) is 4.86. The second-order valence-electron chi connectivity index (χ2n) is 9.24. The summed E-state index contributed by atoms with van der Waals surface area (Å²) in [5.74, 6) is 1.24. The zero-order chi connectivity index (χ0) is 24.6. The topological polar surface area (TPSA) is 49.7 Å². The van der Waals surface area contributed by atoms with Gasteiger partial charge in [0, 0.05) is 64.2 Å². The summed E-state index contributed by atoms with van der Waals surface area (Å²) in [6, 6.07) is 16.8. The lowest BCUT2D eigenvalue weighted by Gasteiger charge is -2.36. The molecule has 3 heterocycles. The molecule has 0 spiro atoms. The molecule has 2 aromatic heterocycles. The summed E-state index contributed by atoms with van der Waals surface area (Å²) in [5, 5.41) is 5.16. The number of rotatable bonds is 11. The zero-order valence-electron chi connectivity index (χ0n) is 21.8. The first kappa shape index (κ1) is 25.4. The number of aryl methyl sites for hydroxylation is 2. The van der Waals surface area contributed by atoms with E-state index in [0.29, 0.717) is 6.61 Å². The minimum Gasteiger partial charge on any atom is -0.383 e. The highest BCUT2D eigenvalue weighted by molar-refractivity contribution is 5.56. The second-order valence-corrected chi connectivity index (χ2v) is 9.24. The molecule has 0 atom stereocenters. The van der Waals surface area contributed by atoms with Gasteiger partial charge in [0.05, 0.1) is 23.7 Å². The van der Waals surface area contributed by atoms with E-state index >= 15 is 0 Å². The van der Waals surface area contributed by atoms with Crippen molar-refractivity contribution in [2.45, 2.75) is 40.3 Å². The van der Waals surface area contributed by atoms with Crippen molar-refractivity contribution in [1.82, 2.24) is 24.6 Å². The molecular formula is C28H40N6O. The van der Waals surface area contributed by atoms with E-state index in [0.717, 1.165) is 75.9 Å². The van der Waals surface area contributed by atoms with Crippen LogP contribution in [0.1, 0.15) is 36.5 Å². The highest BCUT2D eigenvalue weighted by atomic mass is 16.5. The Labute approximate surface area is 210 Å². The van der Waals surface area contributed by atoms with Gasteiger partial charge in [0.2, 0.25) is 0 Å². The number of aromatic nitrogens is 3. The van der Waals surface area contributed by atoms with Crippen molar-refractivity contribution in [1.29, 1.82) is 0 Å². The Morgan fingerprint density at radius 3 is 2.37 bits per heavy atom. The Balaban J connectivity index is 1.71. The van der Waals surface area contributed by atoms with Crippen LogP contribution in [0, 0.1) is 6.92 Å². The molecule has 1 aliphatic heterocycles. The standard InChI is InChI=1S/C28H40N6O/c1-5-27-26(22-32(19-20-35-4)21-24-12-10-11-23(3)29-24)28(33-17-15-31(6-2)16-18-33)34(30-27)25-13-8-7-9-14-25/h7-14H,5-6,15-22H2,1-4H3. The third-order valence-corrected chi connectivity index (χ3v) is 6.82. The number of benzene rings is 1. The maximum Gasteiger partial charge on any atom is 0.137 e. The predicted octanol–water partition coefficient (Wildman–Crippen LogP) is 3.93. The molecule has 0 unspecified atom stereocenters. The number of para-hydroxylation sites is 1. The molecular weight excluding hydrogens is 436 g/mol. The highest BCUT2D eigenvalue weighted by Gasteiger charge is 2.27. The van der Waals surface area contributed by atoms with E-state index in [1.165, 1.54) is 17.1 Å². The number of pyridine rings is 1. The molecule has 35 heavy (non-hydrogen) atoms. The van der Waals surface area contributed by atoms with Gasteiger partial charge in [-0.05, 0) is 44.2 Å². The monoisotopic (exact) mass is 476 g/mol. The molecule has 0 aliphatic carbocycles. The van der Waals surface area contributed by atoms with Crippen molar-refractivity contribution >= 4 is 5.82 Å². The van der Waals surface area contributed by atoms with Gasteiger partial charge in [-0.25, -0.2) is 4.68 Å². The summed E-state index contributed by atoms with van der Waals surface area (Å²) in [6.07, 6.45) is 0.901. The minimum absolute atomic E-state index is 0.685. The summed E-state index contributed by atoms with van der Waals surface area (Å²) < 4.78 is 7.65. The maximum atomic E-state index is 5.47. The largest absolute Gasteiger partial charge is 0.383 e. The minimum atomic E-state index is 0.685. The van der Waals surface area contributed by atoms with Crippen LogP contribution in [0.5, 0.6) is 0 Å². The molecule has 188 valence electrons. The Bertz CT molecular complexity index is 1060. The summed E-state index contributed by atoms with van der Waals surface area (Å²) in [5.41, 5.74) is 5.75. The van der Waals surface area contributed by atoms with Crippen LogP contribution < -0.4 is 4.90 Å². The molecule has 1 fully saturated rings. The Hall–Kier alpha value is -2.74. The Morgan fingerprint density at radius 2 is 1.71 bits per heavy atom. The fraction of sp³-hybridized carbons (Fsp3) is 0.500. The number of hydrogen-bond acceptors (Lipinski definition) is 6. The third kappa shape index (κ3) is 6.28. The van der Waals surface area contributed by atoms with Crippen LogP contribution in [-0.4, -0.2) is 77.5 Å². The molecule has 0 saturated carbocycles. The van der Waals surface area contributed by atoms with Gasteiger partial charge in [-0.1, -0.05) is 38.1 Å². The molecule has 1 saturated heterocycles. The van der Waals surface area contributed by atoms with E-state index in [-0.39, 0.29) is 0 Å². The quantitative estimate of drug-likeness (QED) is 0.418. The van der Waals surface area contributed by atoms with E-state index < -0.39 is 0 Å². The second kappa shape index (κ2) is 12.3. The number of hydrogen-bond donors (Lipinski definition) is 0. The molecule has 1 aliphatic rings. The van der Waals surface area contributed by atoms with Gasteiger partial charge >= 0.3 is 0 Å². The first-order valence-corrected chi connectivity index (χ1v) is 12.9. The average Bonchev–Trinajstić information content (AvgIpc) is 3.26. The molecule has 4 rings (SSSR count). The summed E-state index contributed by atoms with van der Waals surface area (Å²) in [7, 11) is 1.77. The van der Waals surface area contributed by atoms with Gasteiger partial charge < -0.3 is 14.5 Å². The molecule has 0 N–H and O–H groups in total. The fourth-order valence-corrected chi connectivity index (χ4v) is 4.86. The molecule has 7 heteroatoms. The number of nitrogens with zero attached hydrogens (tertiary/aromatic N) is 6. The van der Waals surface area contributed by atoms with Gasteiger partial charge in [0.15, 0.2) is 0 Å². The molecule has 0 radical (unpaired) electrons. The van der Waals surface area contributed by atoms with Crippen molar-refractivity contribution in [3.8, 4) is 5.69 Å². The van der Waals surface area contributed by atoms with Crippen LogP contribution in [0.2, 0.25) is 0 Å². The van der Waals surface area contributed by atoms with E-state index in [4.69, 9.17) is 14.8 Å². The first-order valence-electron chi connectivity index (χ1n) is 12.9. The van der Waals surface area contributed by atoms with Crippen LogP contribution in [-0.2, 0) is 24.2 Å². The third-order valence-electron chi connectivity index (χ3n) is 6.82. The number of anilines is 1. The lowest BCUT2D eigenvalue weighted by molar-refractivity contribution is 0.139. The van der Waals surface area contributed by atoms with Crippen LogP contribution in [0.3, 0.4) is 0 Å². The lowest BCUT2D eigenvalue weighted by atomic mass is 10.1. The lowest BCUT2D eigenvalue weighted by Crippen LogP contribution is -2.47. The zero-order valence-corrected chi connectivity index (χ0v) is 21.8. The predicted molar refractivity (Wildman–Crippen MR) is 142 cm³/mol. The van der Waals surface area contributed by atoms with Crippen molar-refractivity contribution < 1.29 is 4.74 Å². The molecule has 0 amide bonds. The van der Waals surface area contributed by atoms with Crippen molar-refractivity contribution in [2.24, 2.45) is 0 Å². The molecule has 3 aromatic rings. The molecule has 0 bridgehead atoms. The van der Waals surface area contributed by atoms with Crippen LogP contribution >= 0.6 is 0 Å². The number of likely N-dealkylation sites (N-methyl/N-ethyl adjacent to an activating group) is 1. The highest BCUT2D eigenvalue weighted by Crippen LogP contribution is 2.30. The smallest absolute Gasteiger partial charge is 0.137 e. The first-order chi connectivity index (χ1) is 17.1.